The summed E-state index contributed by atoms with van der Waals surface area (Å²) < 4.78 is 10.6. The van der Waals surface area contributed by atoms with Gasteiger partial charge in [0.1, 0.15) is 0 Å². The van der Waals surface area contributed by atoms with Crippen molar-refractivity contribution in [1.29, 1.82) is 0 Å². The molecule has 1 heterocycles. The van der Waals surface area contributed by atoms with Crippen LogP contribution in [0.1, 0.15) is 5.56 Å². The van der Waals surface area contributed by atoms with Gasteiger partial charge in [-0.05, 0) is 17.7 Å². The number of hydrogen-bond donors (Lipinski definition) is 1. The molecule has 0 radical (unpaired) electrons. The second-order valence-electron chi connectivity index (χ2n) is 3.74. The molecule has 1 N–H and O–H groups in total. The van der Waals surface area contributed by atoms with Crippen LogP contribution in [-0.4, -0.2) is 24.8 Å². The standard InChI is InChI=1S/C13H14ClNO2S/c1-2-4-18-5-3-15-8-10-6-11(14)13-12(7-10)16-9-17-13/h1,6-7,15H,3-5,8-9H2. The molecule has 0 spiro atoms. The molecule has 1 aliphatic rings. The summed E-state index contributed by atoms with van der Waals surface area (Å²) in [5.41, 5.74) is 1.09. The van der Waals surface area contributed by atoms with E-state index < -0.39 is 0 Å². The number of halogens is 1. The normalized spacial score (nSPS) is 12.4. The van der Waals surface area contributed by atoms with Gasteiger partial charge >= 0.3 is 0 Å². The Balaban J connectivity index is 1.80. The molecule has 0 aromatic heterocycles. The maximum absolute atomic E-state index is 6.10. The van der Waals surface area contributed by atoms with Gasteiger partial charge in [0.15, 0.2) is 11.5 Å². The Morgan fingerprint density at radius 2 is 2.33 bits per heavy atom. The van der Waals surface area contributed by atoms with E-state index >= 15 is 0 Å². The van der Waals surface area contributed by atoms with E-state index in [1.165, 1.54) is 0 Å². The molecule has 0 saturated carbocycles. The van der Waals surface area contributed by atoms with E-state index in [1.807, 2.05) is 12.1 Å². The molecule has 2 rings (SSSR count). The van der Waals surface area contributed by atoms with Gasteiger partial charge in [0, 0.05) is 18.8 Å². The van der Waals surface area contributed by atoms with E-state index in [4.69, 9.17) is 27.5 Å². The zero-order chi connectivity index (χ0) is 12.8. The number of hydrogen-bond acceptors (Lipinski definition) is 4. The highest BCUT2D eigenvalue weighted by atomic mass is 35.5. The average Bonchev–Trinajstić information content (AvgIpc) is 2.82. The van der Waals surface area contributed by atoms with Crippen LogP contribution in [0.3, 0.4) is 0 Å². The van der Waals surface area contributed by atoms with Crippen molar-refractivity contribution in [3.05, 3.63) is 22.7 Å². The van der Waals surface area contributed by atoms with Crippen LogP contribution >= 0.6 is 23.4 Å². The van der Waals surface area contributed by atoms with E-state index in [0.29, 0.717) is 10.8 Å². The number of benzene rings is 1. The SMILES string of the molecule is C#CCSCCNCc1cc(Cl)c2c(c1)OCO2. The van der Waals surface area contributed by atoms with E-state index in [0.717, 1.165) is 35.9 Å². The molecule has 0 atom stereocenters. The molecule has 0 saturated heterocycles. The number of terminal acetylenes is 1. The molecule has 5 heteroatoms. The number of ether oxygens (including phenoxy) is 2. The molecule has 0 aliphatic carbocycles. The first-order valence-electron chi connectivity index (χ1n) is 5.61. The van der Waals surface area contributed by atoms with Crippen molar-refractivity contribution >= 4 is 23.4 Å². The van der Waals surface area contributed by atoms with Gasteiger partial charge in [-0.3, -0.25) is 0 Å². The maximum atomic E-state index is 6.10. The van der Waals surface area contributed by atoms with E-state index in [2.05, 4.69) is 11.2 Å². The summed E-state index contributed by atoms with van der Waals surface area (Å²) in [5, 5.41) is 3.94. The first-order chi connectivity index (χ1) is 8.81. The fraction of sp³-hybridized carbons (Fsp3) is 0.385. The van der Waals surface area contributed by atoms with Crippen molar-refractivity contribution in [2.24, 2.45) is 0 Å². The molecule has 3 nitrogen and oxygen atoms in total. The molecule has 0 bridgehead atoms. The first kappa shape index (κ1) is 13.4. The zero-order valence-electron chi connectivity index (χ0n) is 9.87. The van der Waals surface area contributed by atoms with Gasteiger partial charge in [-0.25, -0.2) is 0 Å². The molecule has 0 fully saturated rings. The highest BCUT2D eigenvalue weighted by Gasteiger charge is 2.17. The Morgan fingerprint density at radius 1 is 1.44 bits per heavy atom. The lowest BCUT2D eigenvalue weighted by Crippen LogP contribution is -2.16. The number of thioether (sulfide) groups is 1. The van der Waals surface area contributed by atoms with Crippen molar-refractivity contribution < 1.29 is 9.47 Å². The molecule has 18 heavy (non-hydrogen) atoms. The van der Waals surface area contributed by atoms with Gasteiger partial charge in [0.2, 0.25) is 6.79 Å². The van der Waals surface area contributed by atoms with Gasteiger partial charge < -0.3 is 14.8 Å². The maximum Gasteiger partial charge on any atom is 0.231 e. The Labute approximate surface area is 116 Å². The Kier molecular flexibility index (Phi) is 5.06. The van der Waals surface area contributed by atoms with Crippen LogP contribution in [0, 0.1) is 12.3 Å². The third kappa shape index (κ3) is 3.49. The summed E-state index contributed by atoms with van der Waals surface area (Å²) in [4.78, 5) is 0. The van der Waals surface area contributed by atoms with Crippen molar-refractivity contribution in [3.8, 4) is 23.8 Å². The lowest BCUT2D eigenvalue weighted by Gasteiger charge is -2.06. The number of fused-ring (bicyclic) bond motifs is 1. The van der Waals surface area contributed by atoms with Crippen LogP contribution in [0.2, 0.25) is 5.02 Å². The lowest BCUT2D eigenvalue weighted by molar-refractivity contribution is 0.174. The summed E-state index contributed by atoms with van der Waals surface area (Å²) in [7, 11) is 0. The third-order valence-corrected chi connectivity index (χ3v) is 3.57. The average molecular weight is 284 g/mol. The van der Waals surface area contributed by atoms with Gasteiger partial charge in [0.05, 0.1) is 10.8 Å². The summed E-state index contributed by atoms with van der Waals surface area (Å²) >= 11 is 7.84. The quantitative estimate of drug-likeness (QED) is 0.642. The van der Waals surface area contributed by atoms with Crippen LogP contribution in [0.5, 0.6) is 11.5 Å². The lowest BCUT2D eigenvalue weighted by atomic mass is 10.2. The Bertz CT molecular complexity index is 459. The summed E-state index contributed by atoms with van der Waals surface area (Å²) in [5.74, 6) is 5.73. The minimum Gasteiger partial charge on any atom is -0.454 e. The van der Waals surface area contributed by atoms with Crippen LogP contribution in [0.25, 0.3) is 0 Å². The van der Waals surface area contributed by atoms with Crippen LogP contribution in [0.15, 0.2) is 12.1 Å². The highest BCUT2D eigenvalue weighted by molar-refractivity contribution is 7.99. The van der Waals surface area contributed by atoms with Crippen LogP contribution in [0.4, 0.5) is 0 Å². The Morgan fingerprint density at radius 3 is 3.17 bits per heavy atom. The Hall–Kier alpha value is -1.02. The predicted octanol–water partition coefficient (Wildman–Crippen LogP) is 2.52. The minimum absolute atomic E-state index is 0.245. The zero-order valence-corrected chi connectivity index (χ0v) is 11.4. The summed E-state index contributed by atoms with van der Waals surface area (Å²) in [6.07, 6.45) is 5.17. The fourth-order valence-corrected chi connectivity index (χ4v) is 2.47. The molecule has 1 aliphatic heterocycles. The van der Waals surface area contributed by atoms with Gasteiger partial charge in [-0.2, -0.15) is 0 Å². The van der Waals surface area contributed by atoms with Crippen LogP contribution in [-0.2, 0) is 6.54 Å². The van der Waals surface area contributed by atoms with E-state index in [-0.39, 0.29) is 6.79 Å². The molecular formula is C13H14ClNO2S. The monoisotopic (exact) mass is 283 g/mol. The van der Waals surface area contributed by atoms with Crippen molar-refractivity contribution in [2.75, 3.05) is 24.8 Å². The van der Waals surface area contributed by atoms with Gasteiger partial charge in [0.25, 0.3) is 0 Å². The smallest absolute Gasteiger partial charge is 0.231 e. The second-order valence-corrected chi connectivity index (χ2v) is 5.26. The van der Waals surface area contributed by atoms with Crippen molar-refractivity contribution in [3.63, 3.8) is 0 Å². The summed E-state index contributed by atoms with van der Waals surface area (Å²) in [6.45, 7) is 1.92. The topological polar surface area (TPSA) is 30.5 Å². The van der Waals surface area contributed by atoms with Crippen molar-refractivity contribution in [1.82, 2.24) is 5.32 Å². The molecule has 0 amide bonds. The first-order valence-corrected chi connectivity index (χ1v) is 7.14. The summed E-state index contributed by atoms with van der Waals surface area (Å²) in [6, 6.07) is 3.85. The molecule has 96 valence electrons. The molecule has 0 unspecified atom stereocenters. The number of nitrogens with one attached hydrogen (secondary N) is 1. The molecule has 1 aromatic carbocycles. The predicted molar refractivity (Wildman–Crippen MR) is 75.4 cm³/mol. The third-order valence-electron chi connectivity index (χ3n) is 2.42. The van der Waals surface area contributed by atoms with E-state index in [1.54, 1.807) is 11.8 Å². The van der Waals surface area contributed by atoms with Crippen molar-refractivity contribution in [2.45, 2.75) is 6.54 Å². The van der Waals surface area contributed by atoms with Gasteiger partial charge in [-0.15, -0.1) is 18.2 Å². The largest absolute Gasteiger partial charge is 0.454 e. The van der Waals surface area contributed by atoms with Crippen LogP contribution < -0.4 is 14.8 Å². The highest BCUT2D eigenvalue weighted by Crippen LogP contribution is 2.39. The van der Waals surface area contributed by atoms with E-state index in [9.17, 15) is 0 Å². The molecule has 1 aromatic rings. The van der Waals surface area contributed by atoms with Gasteiger partial charge in [-0.1, -0.05) is 17.5 Å². The second kappa shape index (κ2) is 6.79. The molecular weight excluding hydrogens is 270 g/mol. The fourth-order valence-electron chi connectivity index (χ4n) is 1.63. The number of rotatable bonds is 6. The minimum atomic E-state index is 0.245.